The van der Waals surface area contributed by atoms with Crippen LogP contribution in [-0.2, 0) is 14.4 Å². The molecule has 7 N–H and O–H groups in total. The van der Waals surface area contributed by atoms with Crippen molar-refractivity contribution < 1.29 is 56.8 Å². The first-order chi connectivity index (χ1) is 16.6. The van der Waals surface area contributed by atoms with E-state index in [0.717, 1.165) is 0 Å². The molecule has 0 unspecified atom stereocenters. The standard InChI is InChI=1S/C19H19N3O7.C2HF3O2/c1-10(17(24)22-14(9-23)18(25)26)8-13-6-7-15(28-13)19(27)29-12-4-2-11(3-5-12)16(20)21;3-2(4,5)1(6)7/h2-8,14,23H,9H2,1H3,(H3,20,21)(H,22,24)(H,25,26);(H,6,7)/b10-8+;/t14-;/m0./s1. The van der Waals surface area contributed by atoms with E-state index in [2.05, 4.69) is 5.32 Å². The van der Waals surface area contributed by atoms with Crippen LogP contribution < -0.4 is 15.8 Å². The number of carbonyl (C=O) groups is 4. The molecule has 1 aromatic carbocycles. The van der Waals surface area contributed by atoms with Crippen molar-refractivity contribution in [3.63, 3.8) is 0 Å². The molecular weight excluding hydrogens is 495 g/mol. The molecule has 12 nitrogen and oxygen atoms in total. The Bertz CT molecular complexity index is 1160. The second-order valence-corrected chi connectivity index (χ2v) is 6.71. The molecule has 2 aromatic rings. The van der Waals surface area contributed by atoms with Crippen molar-refractivity contribution in [3.8, 4) is 5.75 Å². The predicted molar refractivity (Wildman–Crippen MR) is 115 cm³/mol. The first-order valence-corrected chi connectivity index (χ1v) is 9.55. The van der Waals surface area contributed by atoms with Crippen molar-refractivity contribution in [2.75, 3.05) is 6.61 Å². The monoisotopic (exact) mass is 515 g/mol. The van der Waals surface area contributed by atoms with Gasteiger partial charge in [-0.15, -0.1) is 0 Å². The summed E-state index contributed by atoms with van der Waals surface area (Å²) in [4.78, 5) is 43.9. The van der Waals surface area contributed by atoms with E-state index >= 15 is 0 Å². The molecule has 0 saturated carbocycles. The molecule has 194 valence electrons. The number of rotatable bonds is 8. The van der Waals surface area contributed by atoms with Crippen molar-refractivity contribution in [2.45, 2.75) is 19.1 Å². The van der Waals surface area contributed by atoms with E-state index in [1.807, 2.05) is 0 Å². The van der Waals surface area contributed by atoms with E-state index in [1.54, 1.807) is 0 Å². The van der Waals surface area contributed by atoms with Crippen molar-refractivity contribution >= 4 is 35.7 Å². The number of aliphatic carboxylic acids is 2. The number of carboxylic acids is 2. The molecule has 0 bridgehead atoms. The quantitative estimate of drug-likeness (QED) is 0.0976. The highest BCUT2D eigenvalue weighted by atomic mass is 19.4. The Morgan fingerprint density at radius 2 is 1.69 bits per heavy atom. The smallest absolute Gasteiger partial charge is 0.480 e. The topological polar surface area (TPSA) is 213 Å². The molecular formula is C21H20F3N3O9. The van der Waals surface area contributed by atoms with Crippen molar-refractivity contribution in [1.29, 1.82) is 5.41 Å². The summed E-state index contributed by atoms with van der Waals surface area (Å²) < 4.78 is 42.2. The first kappa shape index (κ1) is 29.4. The van der Waals surface area contributed by atoms with Crippen LogP contribution in [0.15, 0.2) is 46.4 Å². The molecule has 0 radical (unpaired) electrons. The number of nitrogens with one attached hydrogen (secondary N) is 2. The Morgan fingerprint density at radius 3 is 2.14 bits per heavy atom. The van der Waals surface area contributed by atoms with Gasteiger partial charge >= 0.3 is 24.1 Å². The number of nitrogens with two attached hydrogens (primary N) is 1. The first-order valence-electron chi connectivity index (χ1n) is 9.55. The van der Waals surface area contributed by atoms with Crippen LogP contribution in [0.25, 0.3) is 6.08 Å². The normalized spacial score (nSPS) is 12.0. The number of benzene rings is 1. The zero-order valence-electron chi connectivity index (χ0n) is 18.3. The molecule has 0 saturated heterocycles. The minimum atomic E-state index is -5.08. The molecule has 1 aromatic heterocycles. The van der Waals surface area contributed by atoms with Crippen LogP contribution in [0.4, 0.5) is 13.2 Å². The fraction of sp³-hybridized carbons (Fsp3) is 0.190. The molecule has 1 heterocycles. The number of alkyl halides is 3. The van der Waals surface area contributed by atoms with Crippen LogP contribution in [0.2, 0.25) is 0 Å². The van der Waals surface area contributed by atoms with Gasteiger partial charge in [-0.2, -0.15) is 13.2 Å². The lowest BCUT2D eigenvalue weighted by molar-refractivity contribution is -0.192. The second-order valence-electron chi connectivity index (χ2n) is 6.71. The fourth-order valence-corrected chi connectivity index (χ4v) is 2.14. The fourth-order valence-electron chi connectivity index (χ4n) is 2.14. The van der Waals surface area contributed by atoms with Crippen LogP contribution in [-0.4, -0.2) is 63.8 Å². The lowest BCUT2D eigenvalue weighted by atomic mass is 10.2. The van der Waals surface area contributed by atoms with Crippen LogP contribution in [0.3, 0.4) is 0 Å². The number of ether oxygens (including phenoxy) is 1. The number of amides is 1. The highest BCUT2D eigenvalue weighted by Crippen LogP contribution is 2.17. The van der Waals surface area contributed by atoms with E-state index in [9.17, 15) is 27.6 Å². The Hall–Kier alpha value is -4.66. The molecule has 36 heavy (non-hydrogen) atoms. The Morgan fingerprint density at radius 1 is 1.14 bits per heavy atom. The minimum Gasteiger partial charge on any atom is -0.480 e. The Labute approximate surface area is 200 Å². The SMILES string of the molecule is C/C(=C\c1ccc(C(=O)Oc2ccc(C(=N)N)cc2)o1)C(=O)N[C@@H](CO)C(=O)O.O=C(O)C(F)(F)F. The number of esters is 1. The van der Waals surface area contributed by atoms with Crippen LogP contribution in [0.1, 0.15) is 28.8 Å². The van der Waals surface area contributed by atoms with Crippen LogP contribution >= 0.6 is 0 Å². The van der Waals surface area contributed by atoms with Crippen LogP contribution in [0, 0.1) is 5.41 Å². The zero-order chi connectivity index (χ0) is 27.6. The highest BCUT2D eigenvalue weighted by Gasteiger charge is 2.38. The summed E-state index contributed by atoms with van der Waals surface area (Å²) in [6, 6.07) is 7.38. The van der Waals surface area contributed by atoms with Crippen molar-refractivity contribution in [2.24, 2.45) is 5.73 Å². The van der Waals surface area contributed by atoms with Gasteiger partial charge in [-0.05, 0) is 49.4 Å². The molecule has 0 aliphatic heterocycles. The molecule has 2 rings (SSSR count). The number of aliphatic hydroxyl groups is 1. The number of nitrogen functional groups attached to an aromatic ring is 1. The molecule has 0 spiro atoms. The summed E-state index contributed by atoms with van der Waals surface area (Å²) in [7, 11) is 0. The maximum atomic E-state index is 12.1. The molecule has 1 atom stereocenters. The van der Waals surface area contributed by atoms with Gasteiger partial charge in [-0.25, -0.2) is 14.4 Å². The third-order valence-electron chi connectivity index (χ3n) is 3.95. The van der Waals surface area contributed by atoms with Crippen LogP contribution in [0.5, 0.6) is 5.75 Å². The second kappa shape index (κ2) is 12.7. The van der Waals surface area contributed by atoms with Gasteiger partial charge in [0, 0.05) is 11.1 Å². The largest absolute Gasteiger partial charge is 0.490 e. The number of furan rings is 1. The number of carboxylic acid groups (broad SMARTS) is 2. The average molecular weight is 515 g/mol. The summed E-state index contributed by atoms with van der Waals surface area (Å²) >= 11 is 0. The maximum Gasteiger partial charge on any atom is 0.490 e. The lowest BCUT2D eigenvalue weighted by Gasteiger charge is -2.11. The summed E-state index contributed by atoms with van der Waals surface area (Å²) in [6.07, 6.45) is -3.77. The van der Waals surface area contributed by atoms with Gasteiger partial charge in [-0.3, -0.25) is 10.2 Å². The minimum absolute atomic E-state index is 0.110. The Balaban J connectivity index is 0.000000809. The number of amidine groups is 1. The number of carbonyl (C=O) groups excluding carboxylic acids is 2. The highest BCUT2D eigenvalue weighted by molar-refractivity contribution is 5.99. The summed E-state index contributed by atoms with van der Waals surface area (Å²) in [5, 5.41) is 34.4. The van der Waals surface area contributed by atoms with E-state index in [0.29, 0.717) is 5.56 Å². The van der Waals surface area contributed by atoms with Crippen molar-refractivity contribution in [1.82, 2.24) is 5.32 Å². The molecule has 0 aliphatic rings. The van der Waals surface area contributed by atoms with E-state index < -0.39 is 42.6 Å². The van der Waals surface area contributed by atoms with Gasteiger partial charge in [0.2, 0.25) is 11.7 Å². The molecule has 15 heteroatoms. The predicted octanol–water partition coefficient (Wildman–Crippen LogP) is 1.38. The Kier molecular flexibility index (Phi) is 10.4. The van der Waals surface area contributed by atoms with Gasteiger partial charge < -0.3 is 35.5 Å². The summed E-state index contributed by atoms with van der Waals surface area (Å²) in [5.41, 5.74) is 5.95. The molecule has 0 aliphatic carbocycles. The maximum absolute atomic E-state index is 12.1. The van der Waals surface area contributed by atoms with Gasteiger partial charge in [0.15, 0.2) is 6.04 Å². The van der Waals surface area contributed by atoms with E-state index in [-0.39, 0.29) is 28.7 Å². The summed E-state index contributed by atoms with van der Waals surface area (Å²) in [5.74, 6) is -5.43. The zero-order valence-corrected chi connectivity index (χ0v) is 18.3. The molecule has 1 amide bonds. The van der Waals surface area contributed by atoms with Crippen molar-refractivity contribution in [3.05, 3.63) is 59.1 Å². The third-order valence-corrected chi connectivity index (χ3v) is 3.95. The lowest BCUT2D eigenvalue weighted by Crippen LogP contribution is -2.43. The van der Waals surface area contributed by atoms with Gasteiger partial charge in [0.1, 0.15) is 17.3 Å². The van der Waals surface area contributed by atoms with Gasteiger partial charge in [-0.1, -0.05) is 0 Å². The third kappa shape index (κ3) is 9.30. The number of hydrogen-bond acceptors (Lipinski definition) is 8. The number of halogens is 3. The number of hydrogen-bond donors (Lipinski definition) is 6. The van der Waals surface area contributed by atoms with E-state index in [1.165, 1.54) is 49.4 Å². The summed E-state index contributed by atoms with van der Waals surface area (Å²) in [6.45, 7) is 0.668. The molecule has 0 fully saturated rings. The van der Waals surface area contributed by atoms with Gasteiger partial charge in [0.25, 0.3) is 0 Å². The van der Waals surface area contributed by atoms with E-state index in [4.69, 9.17) is 40.4 Å². The average Bonchev–Trinajstić information content (AvgIpc) is 3.25. The number of aliphatic hydroxyl groups excluding tert-OH is 1. The van der Waals surface area contributed by atoms with Gasteiger partial charge in [0.05, 0.1) is 6.61 Å².